The average molecular weight is 347 g/mol. The highest BCUT2D eigenvalue weighted by Crippen LogP contribution is 2.15. The third-order valence-corrected chi connectivity index (χ3v) is 5.52. The normalized spacial score (nSPS) is 13.1. The van der Waals surface area contributed by atoms with Gasteiger partial charge in [0.05, 0.1) is 12.3 Å². The van der Waals surface area contributed by atoms with Crippen molar-refractivity contribution in [2.24, 2.45) is 0 Å². The van der Waals surface area contributed by atoms with Crippen LogP contribution in [-0.2, 0) is 14.6 Å². The molecule has 0 spiro atoms. The topological polar surface area (TPSA) is 66.5 Å². The molecule has 0 fully saturated rings. The zero-order valence-electron chi connectivity index (χ0n) is 13.2. The van der Waals surface area contributed by atoms with Crippen LogP contribution >= 0.6 is 11.6 Å². The third kappa shape index (κ3) is 6.34. The van der Waals surface area contributed by atoms with E-state index in [1.54, 1.807) is 31.2 Å². The van der Waals surface area contributed by atoms with E-state index in [4.69, 9.17) is 11.6 Å². The molecule has 1 aromatic rings. The first-order valence-corrected chi connectivity index (χ1v) is 9.47. The monoisotopic (exact) mass is 346 g/mol. The molecule has 7 heteroatoms. The molecular weight excluding hydrogens is 324 g/mol. The van der Waals surface area contributed by atoms with Gasteiger partial charge in [0.1, 0.15) is 0 Å². The summed E-state index contributed by atoms with van der Waals surface area (Å²) in [7, 11) is -3.06. The van der Waals surface area contributed by atoms with E-state index in [1.165, 1.54) is 0 Å². The first-order valence-electron chi connectivity index (χ1n) is 7.27. The summed E-state index contributed by atoms with van der Waals surface area (Å²) in [5.74, 6) is -0.0179. The van der Waals surface area contributed by atoms with Gasteiger partial charge in [0, 0.05) is 22.5 Å². The second-order valence-corrected chi connectivity index (χ2v) is 8.00. The number of benzene rings is 1. The van der Waals surface area contributed by atoms with E-state index in [-0.39, 0.29) is 30.0 Å². The van der Waals surface area contributed by atoms with Crippen molar-refractivity contribution in [3.8, 4) is 0 Å². The minimum Gasteiger partial charge on any atom is -0.325 e. The molecule has 1 rings (SSSR count). The molecule has 0 bridgehead atoms. The van der Waals surface area contributed by atoms with E-state index in [0.717, 1.165) is 0 Å². The molecule has 1 N–H and O–H groups in total. The lowest BCUT2D eigenvalue weighted by Crippen LogP contribution is -2.42. The summed E-state index contributed by atoms with van der Waals surface area (Å²) in [6, 6.07) is 6.70. The zero-order chi connectivity index (χ0) is 16.8. The van der Waals surface area contributed by atoms with Gasteiger partial charge in [0.25, 0.3) is 0 Å². The van der Waals surface area contributed by atoms with Crippen molar-refractivity contribution in [1.29, 1.82) is 0 Å². The Morgan fingerprint density at radius 3 is 2.59 bits per heavy atom. The van der Waals surface area contributed by atoms with E-state index in [1.807, 2.05) is 18.7 Å². The highest BCUT2D eigenvalue weighted by atomic mass is 35.5. The van der Waals surface area contributed by atoms with Crippen molar-refractivity contribution in [1.82, 2.24) is 4.90 Å². The Kier molecular flexibility index (Phi) is 7.32. The maximum absolute atomic E-state index is 12.1. The van der Waals surface area contributed by atoms with Crippen LogP contribution in [0.2, 0.25) is 5.02 Å². The van der Waals surface area contributed by atoms with Gasteiger partial charge in [-0.25, -0.2) is 8.42 Å². The third-order valence-electron chi connectivity index (χ3n) is 3.42. The van der Waals surface area contributed by atoms with E-state index >= 15 is 0 Å². The molecule has 124 valence electrons. The maximum atomic E-state index is 12.1. The first kappa shape index (κ1) is 18.9. The van der Waals surface area contributed by atoms with Gasteiger partial charge in [-0.1, -0.05) is 31.5 Å². The SMILES string of the molecule is CCN(CC(=O)Nc1cccc(Cl)c1)[C@@H](C)CS(=O)(=O)CC. The lowest BCUT2D eigenvalue weighted by atomic mass is 10.3. The van der Waals surface area contributed by atoms with Gasteiger partial charge in [0.15, 0.2) is 9.84 Å². The number of nitrogens with zero attached hydrogens (tertiary/aromatic N) is 1. The van der Waals surface area contributed by atoms with Crippen LogP contribution in [0.25, 0.3) is 0 Å². The van der Waals surface area contributed by atoms with Crippen molar-refractivity contribution in [3.05, 3.63) is 29.3 Å². The summed E-state index contributed by atoms with van der Waals surface area (Å²) in [5.41, 5.74) is 0.627. The van der Waals surface area contributed by atoms with Crippen LogP contribution in [0.4, 0.5) is 5.69 Å². The molecule has 0 saturated heterocycles. The van der Waals surface area contributed by atoms with Crippen LogP contribution in [0, 0.1) is 0 Å². The van der Waals surface area contributed by atoms with Crippen LogP contribution in [0.1, 0.15) is 20.8 Å². The number of hydrogen-bond donors (Lipinski definition) is 1. The van der Waals surface area contributed by atoms with E-state index in [2.05, 4.69) is 5.32 Å². The number of hydrogen-bond acceptors (Lipinski definition) is 4. The Bertz CT molecular complexity index is 605. The number of nitrogens with one attached hydrogen (secondary N) is 1. The number of amides is 1. The smallest absolute Gasteiger partial charge is 0.238 e. The molecule has 1 atom stereocenters. The van der Waals surface area contributed by atoms with Crippen molar-refractivity contribution in [3.63, 3.8) is 0 Å². The number of likely N-dealkylation sites (N-methyl/N-ethyl adjacent to an activating group) is 1. The van der Waals surface area contributed by atoms with Gasteiger partial charge in [-0.05, 0) is 31.7 Å². The Balaban J connectivity index is 2.63. The Morgan fingerprint density at radius 1 is 1.36 bits per heavy atom. The quantitative estimate of drug-likeness (QED) is 0.785. The average Bonchev–Trinajstić information content (AvgIpc) is 2.44. The summed E-state index contributed by atoms with van der Waals surface area (Å²) in [6.45, 7) is 6.10. The lowest BCUT2D eigenvalue weighted by Gasteiger charge is -2.26. The molecule has 22 heavy (non-hydrogen) atoms. The standard InChI is InChI=1S/C15H23ClN2O3S/c1-4-18(12(3)11-22(20,21)5-2)10-15(19)17-14-8-6-7-13(16)9-14/h6-9,12H,4-5,10-11H2,1-3H3,(H,17,19)/t12-/m0/s1. The minimum atomic E-state index is -3.06. The molecule has 0 unspecified atom stereocenters. The number of carbonyl (C=O) groups is 1. The van der Waals surface area contributed by atoms with E-state index in [9.17, 15) is 13.2 Å². The summed E-state index contributed by atoms with van der Waals surface area (Å²) in [6.07, 6.45) is 0. The Morgan fingerprint density at radius 2 is 2.05 bits per heavy atom. The largest absolute Gasteiger partial charge is 0.325 e. The van der Waals surface area contributed by atoms with E-state index < -0.39 is 9.84 Å². The fourth-order valence-corrected chi connectivity index (χ4v) is 3.49. The molecule has 0 radical (unpaired) electrons. The number of anilines is 1. The minimum absolute atomic E-state index is 0.0573. The van der Waals surface area contributed by atoms with Gasteiger partial charge in [-0.15, -0.1) is 0 Å². The molecule has 0 aliphatic heterocycles. The van der Waals surface area contributed by atoms with Gasteiger partial charge in [-0.2, -0.15) is 0 Å². The highest BCUT2D eigenvalue weighted by Gasteiger charge is 2.21. The van der Waals surface area contributed by atoms with Crippen LogP contribution < -0.4 is 5.32 Å². The van der Waals surface area contributed by atoms with Gasteiger partial charge in [-0.3, -0.25) is 9.69 Å². The predicted octanol–water partition coefficient (Wildman–Crippen LogP) is 2.42. The number of sulfone groups is 1. The molecule has 0 aliphatic rings. The second-order valence-electron chi connectivity index (χ2n) is 5.17. The molecule has 0 aliphatic carbocycles. The Hall–Kier alpha value is -1.11. The van der Waals surface area contributed by atoms with Crippen molar-refractivity contribution in [2.75, 3.05) is 29.9 Å². The van der Waals surface area contributed by atoms with Gasteiger partial charge < -0.3 is 5.32 Å². The summed E-state index contributed by atoms with van der Waals surface area (Å²) < 4.78 is 23.4. The van der Waals surface area contributed by atoms with Crippen LogP contribution in [-0.4, -0.2) is 49.9 Å². The fraction of sp³-hybridized carbons (Fsp3) is 0.533. The second kappa shape index (κ2) is 8.50. The van der Waals surface area contributed by atoms with Crippen LogP contribution in [0.3, 0.4) is 0 Å². The first-order chi connectivity index (χ1) is 10.3. The number of rotatable bonds is 8. The van der Waals surface area contributed by atoms with E-state index in [0.29, 0.717) is 17.3 Å². The molecule has 5 nitrogen and oxygen atoms in total. The summed E-state index contributed by atoms with van der Waals surface area (Å²) in [5, 5.41) is 3.31. The summed E-state index contributed by atoms with van der Waals surface area (Å²) in [4.78, 5) is 13.9. The molecule has 0 aromatic heterocycles. The molecule has 1 amide bonds. The molecule has 0 heterocycles. The lowest BCUT2D eigenvalue weighted by molar-refractivity contribution is -0.117. The van der Waals surface area contributed by atoms with Crippen molar-refractivity contribution in [2.45, 2.75) is 26.8 Å². The summed E-state index contributed by atoms with van der Waals surface area (Å²) >= 11 is 5.87. The Labute approximate surface area is 137 Å². The van der Waals surface area contributed by atoms with Crippen molar-refractivity contribution < 1.29 is 13.2 Å². The molecule has 0 saturated carbocycles. The van der Waals surface area contributed by atoms with Crippen LogP contribution in [0.5, 0.6) is 0 Å². The molecular formula is C15H23ClN2O3S. The number of carbonyl (C=O) groups excluding carboxylic acids is 1. The van der Waals surface area contributed by atoms with Crippen molar-refractivity contribution >= 4 is 33.0 Å². The molecule has 1 aromatic carbocycles. The highest BCUT2D eigenvalue weighted by molar-refractivity contribution is 7.91. The van der Waals surface area contributed by atoms with Crippen LogP contribution in [0.15, 0.2) is 24.3 Å². The fourth-order valence-electron chi connectivity index (χ4n) is 2.12. The number of halogens is 1. The predicted molar refractivity (Wildman–Crippen MR) is 91.1 cm³/mol. The maximum Gasteiger partial charge on any atom is 0.238 e. The zero-order valence-corrected chi connectivity index (χ0v) is 14.7. The van der Waals surface area contributed by atoms with Gasteiger partial charge in [0.2, 0.25) is 5.91 Å². The van der Waals surface area contributed by atoms with Gasteiger partial charge >= 0.3 is 0 Å².